The number of benzene rings is 2. The van der Waals surface area contributed by atoms with Gasteiger partial charge < -0.3 is 19.7 Å². The summed E-state index contributed by atoms with van der Waals surface area (Å²) in [6, 6.07) is 8.02. The predicted octanol–water partition coefficient (Wildman–Crippen LogP) is 4.90. The van der Waals surface area contributed by atoms with Gasteiger partial charge in [-0.15, -0.1) is 26.3 Å². The highest BCUT2D eigenvalue weighted by Gasteiger charge is 2.35. The van der Waals surface area contributed by atoms with Gasteiger partial charge in [0.25, 0.3) is 0 Å². The molecule has 152 valence electrons. The molecule has 0 radical (unpaired) electrons. The van der Waals surface area contributed by atoms with E-state index in [0.717, 1.165) is 36.2 Å². The second-order valence-electron chi connectivity index (χ2n) is 6.16. The fourth-order valence-electron chi connectivity index (χ4n) is 2.99. The molecule has 1 aliphatic rings. The van der Waals surface area contributed by atoms with Crippen LogP contribution in [0.4, 0.5) is 37.7 Å². The van der Waals surface area contributed by atoms with Crippen LogP contribution in [0.1, 0.15) is 11.1 Å². The summed E-state index contributed by atoms with van der Waals surface area (Å²) >= 11 is 0. The average molecular weight is 406 g/mol. The van der Waals surface area contributed by atoms with E-state index < -0.39 is 24.2 Å². The largest absolute Gasteiger partial charge is 0.573 e. The molecule has 0 atom stereocenters. The number of anilines is 2. The van der Waals surface area contributed by atoms with Crippen molar-refractivity contribution in [3.05, 3.63) is 47.5 Å². The first kappa shape index (κ1) is 20.1. The smallest absolute Gasteiger partial charge is 0.406 e. The third-order valence-corrected chi connectivity index (χ3v) is 4.22. The van der Waals surface area contributed by atoms with Crippen molar-refractivity contribution in [2.45, 2.75) is 25.7 Å². The van der Waals surface area contributed by atoms with Gasteiger partial charge in [-0.25, -0.2) is 0 Å². The van der Waals surface area contributed by atoms with Crippen LogP contribution in [0, 0.1) is 0 Å². The highest BCUT2D eigenvalue weighted by atomic mass is 19.4. The Morgan fingerprint density at radius 1 is 0.893 bits per heavy atom. The van der Waals surface area contributed by atoms with E-state index in [1.807, 2.05) is 12.1 Å². The van der Waals surface area contributed by atoms with Crippen molar-refractivity contribution in [2.24, 2.45) is 0 Å². The first-order valence-corrected chi connectivity index (χ1v) is 8.24. The maximum Gasteiger partial charge on any atom is 0.573 e. The van der Waals surface area contributed by atoms with Crippen molar-refractivity contribution >= 4 is 11.4 Å². The van der Waals surface area contributed by atoms with Crippen molar-refractivity contribution < 1.29 is 35.8 Å². The van der Waals surface area contributed by atoms with E-state index in [-0.39, 0.29) is 5.69 Å². The molecule has 1 N–H and O–H groups in total. The van der Waals surface area contributed by atoms with Gasteiger partial charge in [0.05, 0.1) is 5.69 Å². The summed E-state index contributed by atoms with van der Waals surface area (Å²) in [4.78, 5) is 1.41. The zero-order valence-corrected chi connectivity index (χ0v) is 14.6. The minimum Gasteiger partial charge on any atom is -0.406 e. The molecule has 0 aliphatic carbocycles. The second-order valence-corrected chi connectivity index (χ2v) is 6.16. The lowest BCUT2D eigenvalue weighted by Crippen LogP contribution is -2.24. The van der Waals surface area contributed by atoms with Crippen molar-refractivity contribution in [3.63, 3.8) is 0 Å². The molecule has 0 amide bonds. The fraction of sp³-hybridized carbons (Fsp3) is 0.333. The van der Waals surface area contributed by atoms with Crippen LogP contribution in [0.5, 0.6) is 11.5 Å². The molecule has 4 nitrogen and oxygen atoms in total. The van der Waals surface area contributed by atoms with Gasteiger partial charge in [0.1, 0.15) is 5.75 Å². The molecular weight excluding hydrogens is 390 g/mol. The molecule has 0 saturated heterocycles. The van der Waals surface area contributed by atoms with E-state index in [0.29, 0.717) is 18.3 Å². The van der Waals surface area contributed by atoms with Gasteiger partial charge >= 0.3 is 12.7 Å². The van der Waals surface area contributed by atoms with E-state index in [9.17, 15) is 26.3 Å². The van der Waals surface area contributed by atoms with E-state index in [4.69, 9.17) is 0 Å². The molecule has 2 aromatic rings. The van der Waals surface area contributed by atoms with Crippen molar-refractivity contribution in [3.8, 4) is 11.5 Å². The number of hydrogen-bond donors (Lipinski definition) is 1. The summed E-state index contributed by atoms with van der Waals surface area (Å²) in [5.74, 6) is -1.61. The van der Waals surface area contributed by atoms with Crippen LogP contribution in [0.3, 0.4) is 0 Å². The molecule has 0 fully saturated rings. The Labute approximate surface area is 156 Å². The van der Waals surface area contributed by atoms with Crippen LogP contribution in [-0.4, -0.2) is 26.3 Å². The summed E-state index contributed by atoms with van der Waals surface area (Å²) in [7, 11) is 1.50. The van der Waals surface area contributed by atoms with Crippen LogP contribution < -0.4 is 19.7 Å². The summed E-state index contributed by atoms with van der Waals surface area (Å²) in [6.45, 7) is 1.47. The first-order valence-electron chi connectivity index (χ1n) is 8.24. The topological polar surface area (TPSA) is 33.7 Å². The van der Waals surface area contributed by atoms with Crippen LogP contribution in [0.15, 0.2) is 36.4 Å². The lowest BCUT2D eigenvalue weighted by Gasteiger charge is -2.26. The molecular formula is C18H16F6N2O2. The lowest BCUT2D eigenvalue weighted by molar-refractivity contribution is -0.276. The van der Waals surface area contributed by atoms with Gasteiger partial charge in [-0.05, 0) is 48.4 Å². The Hall–Kier alpha value is -2.62. The standard InChI is InChI=1S/C18H16F6N2O2/c1-26(13-3-2-11-6-7-25-10-12(11)8-13)15-5-4-14(27-17(19,20)21)9-16(15)28-18(22,23)24/h2-5,8-9,25H,6-7,10H2,1H3. The van der Waals surface area contributed by atoms with Crippen molar-refractivity contribution in [2.75, 3.05) is 18.5 Å². The monoisotopic (exact) mass is 406 g/mol. The number of alkyl halides is 6. The third-order valence-electron chi connectivity index (χ3n) is 4.22. The Morgan fingerprint density at radius 2 is 1.61 bits per heavy atom. The Morgan fingerprint density at radius 3 is 2.29 bits per heavy atom. The molecule has 1 heterocycles. The maximum absolute atomic E-state index is 12.8. The van der Waals surface area contributed by atoms with Gasteiger partial charge in [0, 0.05) is 25.3 Å². The predicted molar refractivity (Wildman–Crippen MR) is 89.7 cm³/mol. The van der Waals surface area contributed by atoms with Gasteiger partial charge in [0.2, 0.25) is 0 Å². The highest BCUT2D eigenvalue weighted by Crippen LogP contribution is 2.40. The van der Waals surface area contributed by atoms with E-state index >= 15 is 0 Å². The van der Waals surface area contributed by atoms with E-state index in [1.165, 1.54) is 11.9 Å². The number of hydrogen-bond acceptors (Lipinski definition) is 4. The van der Waals surface area contributed by atoms with Gasteiger partial charge in [-0.2, -0.15) is 0 Å². The zero-order valence-electron chi connectivity index (χ0n) is 14.6. The van der Waals surface area contributed by atoms with Gasteiger partial charge in [-0.1, -0.05) is 6.07 Å². The number of rotatable bonds is 4. The van der Waals surface area contributed by atoms with Crippen molar-refractivity contribution in [1.29, 1.82) is 0 Å². The normalized spacial score (nSPS) is 14.4. The maximum atomic E-state index is 12.8. The number of ether oxygens (including phenoxy) is 2. The molecule has 0 saturated carbocycles. The highest BCUT2D eigenvalue weighted by molar-refractivity contribution is 5.70. The van der Waals surface area contributed by atoms with Crippen LogP contribution >= 0.6 is 0 Å². The number of nitrogens with zero attached hydrogens (tertiary/aromatic N) is 1. The molecule has 0 unspecified atom stereocenters. The molecule has 0 aromatic heterocycles. The van der Waals surface area contributed by atoms with Gasteiger partial charge in [0.15, 0.2) is 5.75 Å². The quantitative estimate of drug-likeness (QED) is 0.733. The Kier molecular flexibility index (Phi) is 5.33. The Bertz CT molecular complexity index is 851. The summed E-state index contributed by atoms with van der Waals surface area (Å²) < 4.78 is 83.1. The Balaban J connectivity index is 1.96. The van der Waals surface area contributed by atoms with E-state index in [1.54, 1.807) is 6.07 Å². The number of halogens is 6. The van der Waals surface area contributed by atoms with Crippen LogP contribution in [0.25, 0.3) is 0 Å². The second kappa shape index (κ2) is 7.42. The fourth-order valence-corrected chi connectivity index (χ4v) is 2.99. The molecule has 2 aromatic carbocycles. The molecule has 3 rings (SSSR count). The molecule has 1 aliphatic heterocycles. The van der Waals surface area contributed by atoms with Crippen LogP contribution in [-0.2, 0) is 13.0 Å². The zero-order chi connectivity index (χ0) is 20.5. The number of nitrogens with one attached hydrogen (secondary N) is 1. The molecule has 28 heavy (non-hydrogen) atoms. The lowest BCUT2D eigenvalue weighted by atomic mass is 10.00. The minimum absolute atomic E-state index is 0.0597. The molecule has 0 spiro atoms. The average Bonchev–Trinajstić information content (AvgIpc) is 2.58. The molecule has 0 bridgehead atoms. The van der Waals surface area contributed by atoms with E-state index in [2.05, 4.69) is 14.8 Å². The SMILES string of the molecule is CN(c1ccc2c(c1)CNCC2)c1ccc(OC(F)(F)F)cc1OC(F)(F)F. The van der Waals surface area contributed by atoms with Crippen LogP contribution in [0.2, 0.25) is 0 Å². The first-order chi connectivity index (χ1) is 13.0. The summed E-state index contributed by atoms with van der Waals surface area (Å²) in [5, 5.41) is 3.20. The summed E-state index contributed by atoms with van der Waals surface area (Å²) in [6.07, 6.45) is -9.27. The third kappa shape index (κ3) is 5.00. The van der Waals surface area contributed by atoms with Gasteiger partial charge in [-0.3, -0.25) is 0 Å². The summed E-state index contributed by atoms with van der Waals surface area (Å²) in [5.41, 5.74) is 2.65. The molecule has 10 heteroatoms. The minimum atomic E-state index is -5.08. The number of fused-ring (bicyclic) bond motifs is 1. The van der Waals surface area contributed by atoms with Crippen molar-refractivity contribution in [1.82, 2.24) is 5.32 Å².